The number of aromatic nitrogens is 2. The standard InChI is InChI=1S/C17H23N3/c1-12-5-7-14(8-6-12)15-11-13(2)19-16(20-15)17(3,4)9-10-18/h5-8,11H,9-10,18H2,1-4H3. The van der Waals surface area contributed by atoms with Crippen molar-refractivity contribution in [2.75, 3.05) is 6.54 Å². The van der Waals surface area contributed by atoms with E-state index >= 15 is 0 Å². The van der Waals surface area contributed by atoms with Gasteiger partial charge in [-0.05, 0) is 32.9 Å². The van der Waals surface area contributed by atoms with Gasteiger partial charge >= 0.3 is 0 Å². The van der Waals surface area contributed by atoms with Crippen LogP contribution in [0.25, 0.3) is 11.3 Å². The number of hydrogen-bond donors (Lipinski definition) is 1. The maximum atomic E-state index is 5.70. The van der Waals surface area contributed by atoms with Crippen LogP contribution in [0.5, 0.6) is 0 Å². The van der Waals surface area contributed by atoms with Crippen LogP contribution in [0.15, 0.2) is 30.3 Å². The molecule has 20 heavy (non-hydrogen) atoms. The van der Waals surface area contributed by atoms with E-state index in [9.17, 15) is 0 Å². The Labute approximate surface area is 121 Å². The normalized spacial score (nSPS) is 11.7. The molecule has 1 aromatic carbocycles. The zero-order valence-electron chi connectivity index (χ0n) is 12.8. The zero-order chi connectivity index (χ0) is 14.8. The molecule has 3 heteroatoms. The summed E-state index contributed by atoms with van der Waals surface area (Å²) in [4.78, 5) is 9.36. The minimum Gasteiger partial charge on any atom is -0.330 e. The molecule has 0 spiro atoms. The first kappa shape index (κ1) is 14.7. The average molecular weight is 269 g/mol. The second-order valence-electron chi connectivity index (χ2n) is 6.01. The van der Waals surface area contributed by atoms with Crippen LogP contribution in [0.2, 0.25) is 0 Å². The first-order valence-corrected chi connectivity index (χ1v) is 7.05. The molecule has 0 saturated carbocycles. The summed E-state index contributed by atoms with van der Waals surface area (Å²) < 4.78 is 0. The number of benzene rings is 1. The smallest absolute Gasteiger partial charge is 0.134 e. The second-order valence-corrected chi connectivity index (χ2v) is 6.01. The number of aryl methyl sites for hydroxylation is 2. The van der Waals surface area contributed by atoms with Crippen molar-refractivity contribution in [1.82, 2.24) is 9.97 Å². The van der Waals surface area contributed by atoms with Crippen LogP contribution in [0, 0.1) is 13.8 Å². The first-order chi connectivity index (χ1) is 9.42. The number of nitrogens with zero attached hydrogens (tertiary/aromatic N) is 2. The molecular formula is C17H23N3. The van der Waals surface area contributed by atoms with Crippen LogP contribution < -0.4 is 5.73 Å². The number of rotatable bonds is 4. The van der Waals surface area contributed by atoms with E-state index in [1.807, 2.05) is 13.0 Å². The maximum absolute atomic E-state index is 5.70. The molecule has 2 N–H and O–H groups in total. The van der Waals surface area contributed by atoms with Crippen molar-refractivity contribution in [2.45, 2.75) is 39.5 Å². The van der Waals surface area contributed by atoms with E-state index < -0.39 is 0 Å². The Bertz CT molecular complexity index is 586. The molecule has 0 amide bonds. The Morgan fingerprint density at radius 3 is 2.30 bits per heavy atom. The third kappa shape index (κ3) is 3.23. The molecule has 0 radical (unpaired) electrons. The number of hydrogen-bond acceptors (Lipinski definition) is 3. The molecule has 106 valence electrons. The summed E-state index contributed by atoms with van der Waals surface area (Å²) in [6.45, 7) is 9.04. The maximum Gasteiger partial charge on any atom is 0.134 e. The number of nitrogens with two attached hydrogens (primary N) is 1. The van der Waals surface area contributed by atoms with Crippen molar-refractivity contribution in [1.29, 1.82) is 0 Å². The molecule has 0 bridgehead atoms. The lowest BCUT2D eigenvalue weighted by Gasteiger charge is -2.23. The van der Waals surface area contributed by atoms with Gasteiger partial charge in [0.15, 0.2) is 0 Å². The molecule has 0 atom stereocenters. The van der Waals surface area contributed by atoms with E-state index in [2.05, 4.69) is 50.0 Å². The summed E-state index contributed by atoms with van der Waals surface area (Å²) in [5.41, 5.74) is 9.97. The topological polar surface area (TPSA) is 51.8 Å². The Kier molecular flexibility index (Phi) is 4.19. The summed E-state index contributed by atoms with van der Waals surface area (Å²) in [7, 11) is 0. The van der Waals surface area contributed by atoms with Crippen LogP contribution in [-0.4, -0.2) is 16.5 Å². The largest absolute Gasteiger partial charge is 0.330 e. The summed E-state index contributed by atoms with van der Waals surface area (Å²) in [6, 6.07) is 10.5. The predicted octanol–water partition coefficient (Wildman–Crippen LogP) is 3.39. The van der Waals surface area contributed by atoms with E-state index in [0.29, 0.717) is 6.54 Å². The van der Waals surface area contributed by atoms with Gasteiger partial charge in [-0.3, -0.25) is 0 Å². The fourth-order valence-electron chi connectivity index (χ4n) is 2.22. The molecule has 3 nitrogen and oxygen atoms in total. The van der Waals surface area contributed by atoms with Gasteiger partial charge in [0.1, 0.15) is 5.82 Å². The molecule has 0 unspecified atom stereocenters. The van der Waals surface area contributed by atoms with E-state index in [4.69, 9.17) is 10.7 Å². The van der Waals surface area contributed by atoms with Crippen molar-refractivity contribution in [3.05, 3.63) is 47.4 Å². The van der Waals surface area contributed by atoms with E-state index in [1.54, 1.807) is 0 Å². The van der Waals surface area contributed by atoms with Gasteiger partial charge in [0.2, 0.25) is 0 Å². The minimum absolute atomic E-state index is 0.0970. The van der Waals surface area contributed by atoms with Gasteiger partial charge in [-0.1, -0.05) is 43.7 Å². The third-order valence-electron chi connectivity index (χ3n) is 3.58. The zero-order valence-corrected chi connectivity index (χ0v) is 12.8. The van der Waals surface area contributed by atoms with E-state index in [0.717, 1.165) is 29.2 Å². The molecule has 2 aromatic rings. The van der Waals surface area contributed by atoms with E-state index in [1.165, 1.54) is 5.56 Å². The van der Waals surface area contributed by atoms with Crippen molar-refractivity contribution >= 4 is 0 Å². The average Bonchev–Trinajstić information content (AvgIpc) is 2.38. The molecular weight excluding hydrogens is 246 g/mol. The van der Waals surface area contributed by atoms with Gasteiger partial charge in [-0.2, -0.15) is 0 Å². The molecule has 1 aromatic heterocycles. The Morgan fingerprint density at radius 2 is 1.70 bits per heavy atom. The summed E-state index contributed by atoms with van der Waals surface area (Å²) in [5, 5.41) is 0. The monoisotopic (exact) mass is 269 g/mol. The predicted molar refractivity (Wildman–Crippen MR) is 83.6 cm³/mol. The van der Waals surface area contributed by atoms with Crippen molar-refractivity contribution < 1.29 is 0 Å². The second kappa shape index (κ2) is 5.71. The highest BCUT2D eigenvalue weighted by molar-refractivity contribution is 5.59. The van der Waals surface area contributed by atoms with Gasteiger partial charge in [0.05, 0.1) is 5.69 Å². The first-order valence-electron chi connectivity index (χ1n) is 7.05. The SMILES string of the molecule is Cc1ccc(-c2cc(C)nc(C(C)(C)CCN)n2)cc1. The lowest BCUT2D eigenvalue weighted by molar-refractivity contribution is 0.456. The fraction of sp³-hybridized carbons (Fsp3) is 0.412. The van der Waals surface area contributed by atoms with Crippen LogP contribution in [0.4, 0.5) is 0 Å². The van der Waals surface area contributed by atoms with Crippen molar-refractivity contribution in [2.24, 2.45) is 5.73 Å². The molecule has 0 aliphatic rings. The third-order valence-corrected chi connectivity index (χ3v) is 3.58. The van der Waals surface area contributed by atoms with Crippen molar-refractivity contribution in [3.8, 4) is 11.3 Å². The lowest BCUT2D eigenvalue weighted by atomic mass is 9.88. The van der Waals surface area contributed by atoms with Crippen LogP contribution in [0.3, 0.4) is 0 Å². The molecule has 2 rings (SSSR count). The Balaban J connectivity index is 2.46. The van der Waals surface area contributed by atoms with Gasteiger partial charge in [-0.25, -0.2) is 9.97 Å². The minimum atomic E-state index is -0.0970. The Hall–Kier alpha value is -1.74. The molecule has 0 fully saturated rings. The summed E-state index contributed by atoms with van der Waals surface area (Å²) >= 11 is 0. The quantitative estimate of drug-likeness (QED) is 0.925. The molecule has 1 heterocycles. The van der Waals surface area contributed by atoms with E-state index in [-0.39, 0.29) is 5.41 Å². The molecule has 0 aliphatic heterocycles. The molecule has 0 saturated heterocycles. The van der Waals surface area contributed by atoms with Crippen LogP contribution in [-0.2, 0) is 5.41 Å². The van der Waals surface area contributed by atoms with Crippen molar-refractivity contribution in [3.63, 3.8) is 0 Å². The van der Waals surface area contributed by atoms with Gasteiger partial charge in [-0.15, -0.1) is 0 Å². The van der Waals surface area contributed by atoms with Crippen LogP contribution >= 0.6 is 0 Å². The Morgan fingerprint density at radius 1 is 1.05 bits per heavy atom. The lowest BCUT2D eigenvalue weighted by Crippen LogP contribution is -2.25. The van der Waals surface area contributed by atoms with Gasteiger partial charge in [0.25, 0.3) is 0 Å². The highest BCUT2D eigenvalue weighted by Gasteiger charge is 2.23. The summed E-state index contributed by atoms with van der Waals surface area (Å²) in [6.07, 6.45) is 0.879. The fourth-order valence-corrected chi connectivity index (χ4v) is 2.22. The van der Waals surface area contributed by atoms with Crippen LogP contribution in [0.1, 0.15) is 37.4 Å². The van der Waals surface area contributed by atoms with Gasteiger partial charge < -0.3 is 5.73 Å². The highest BCUT2D eigenvalue weighted by atomic mass is 14.9. The summed E-state index contributed by atoms with van der Waals surface area (Å²) in [5.74, 6) is 0.874. The molecule has 0 aliphatic carbocycles. The highest BCUT2D eigenvalue weighted by Crippen LogP contribution is 2.26. The van der Waals surface area contributed by atoms with Gasteiger partial charge in [0, 0.05) is 16.7 Å².